The number of amides is 1. The Bertz CT molecular complexity index is 508. The summed E-state index contributed by atoms with van der Waals surface area (Å²) in [5.74, 6) is 0.247. The number of hydrogen-bond donors (Lipinski definition) is 2. The van der Waals surface area contributed by atoms with Gasteiger partial charge in [-0.1, -0.05) is 6.92 Å². The molecular formula is C10H14N6OS. The van der Waals surface area contributed by atoms with Crippen molar-refractivity contribution < 1.29 is 4.79 Å². The van der Waals surface area contributed by atoms with Gasteiger partial charge in [-0.05, 0) is 0 Å². The number of nitrogen functional groups attached to an aromatic ring is 1. The van der Waals surface area contributed by atoms with E-state index < -0.39 is 0 Å². The summed E-state index contributed by atoms with van der Waals surface area (Å²) < 4.78 is 1.40. The predicted molar refractivity (Wildman–Crippen MR) is 68.0 cm³/mol. The van der Waals surface area contributed by atoms with Crippen molar-refractivity contribution in [3.8, 4) is 0 Å². The molecule has 2 aromatic heterocycles. The molecule has 0 spiro atoms. The van der Waals surface area contributed by atoms with Gasteiger partial charge in [0.2, 0.25) is 11.9 Å². The molecule has 7 nitrogen and oxygen atoms in total. The Morgan fingerprint density at radius 1 is 1.61 bits per heavy atom. The van der Waals surface area contributed by atoms with Crippen molar-refractivity contribution in [2.24, 2.45) is 0 Å². The lowest BCUT2D eigenvalue weighted by Crippen LogP contribution is -2.30. The van der Waals surface area contributed by atoms with Crippen LogP contribution in [-0.4, -0.2) is 32.2 Å². The average molecular weight is 266 g/mol. The second kappa shape index (κ2) is 5.58. The maximum absolute atomic E-state index is 11.6. The molecule has 0 aliphatic carbocycles. The predicted octanol–water partition coefficient (Wildman–Crippen LogP) is 0.237. The Hall–Kier alpha value is -1.96. The van der Waals surface area contributed by atoms with Crippen molar-refractivity contribution in [2.45, 2.75) is 19.4 Å². The zero-order valence-corrected chi connectivity index (χ0v) is 10.7. The lowest BCUT2D eigenvalue weighted by atomic mass is 10.2. The topological polar surface area (TPSA) is 98.7 Å². The van der Waals surface area contributed by atoms with Gasteiger partial charge in [-0.25, -0.2) is 14.6 Å². The third kappa shape index (κ3) is 3.27. The molecule has 1 amide bonds. The summed E-state index contributed by atoms with van der Waals surface area (Å²) in [4.78, 5) is 19.6. The van der Waals surface area contributed by atoms with E-state index in [9.17, 15) is 4.79 Å². The van der Waals surface area contributed by atoms with Gasteiger partial charge in [0.05, 0.1) is 5.01 Å². The van der Waals surface area contributed by atoms with Crippen LogP contribution in [0.15, 0.2) is 17.9 Å². The fourth-order valence-corrected chi connectivity index (χ4v) is 2.12. The molecule has 8 heteroatoms. The fraction of sp³-hybridized carbons (Fsp3) is 0.400. The summed E-state index contributed by atoms with van der Waals surface area (Å²) in [5.41, 5.74) is 5.36. The van der Waals surface area contributed by atoms with Crippen molar-refractivity contribution in [3.05, 3.63) is 22.9 Å². The highest BCUT2D eigenvalue weighted by atomic mass is 32.1. The third-order valence-electron chi connectivity index (χ3n) is 2.34. The van der Waals surface area contributed by atoms with Gasteiger partial charge >= 0.3 is 0 Å². The molecule has 0 fully saturated rings. The number of thiazole rings is 1. The lowest BCUT2D eigenvalue weighted by molar-refractivity contribution is -0.121. The maximum atomic E-state index is 11.6. The number of nitrogens with one attached hydrogen (secondary N) is 1. The largest absolute Gasteiger partial charge is 0.367 e. The lowest BCUT2D eigenvalue weighted by Gasteiger charge is -2.09. The Morgan fingerprint density at radius 3 is 3.06 bits per heavy atom. The molecule has 0 aromatic carbocycles. The van der Waals surface area contributed by atoms with Crippen LogP contribution in [-0.2, 0) is 11.3 Å². The number of aromatic nitrogens is 4. The molecule has 1 atom stereocenters. The SMILES string of the molecule is CC(CNC(=O)Cn1cnc(N)n1)c1nccs1. The van der Waals surface area contributed by atoms with E-state index in [1.807, 2.05) is 12.3 Å². The summed E-state index contributed by atoms with van der Waals surface area (Å²) >= 11 is 1.58. The molecule has 2 rings (SSSR count). The summed E-state index contributed by atoms with van der Waals surface area (Å²) in [7, 11) is 0. The van der Waals surface area contributed by atoms with Crippen LogP contribution >= 0.6 is 11.3 Å². The van der Waals surface area contributed by atoms with Gasteiger partial charge in [-0.3, -0.25) is 4.79 Å². The maximum Gasteiger partial charge on any atom is 0.241 e. The van der Waals surface area contributed by atoms with Crippen molar-refractivity contribution in [3.63, 3.8) is 0 Å². The molecule has 2 aromatic rings. The third-order valence-corrected chi connectivity index (χ3v) is 3.35. The van der Waals surface area contributed by atoms with Crippen LogP contribution in [0, 0.1) is 0 Å². The van der Waals surface area contributed by atoms with Crippen LogP contribution in [0.25, 0.3) is 0 Å². The molecule has 18 heavy (non-hydrogen) atoms. The molecule has 0 radical (unpaired) electrons. The first kappa shape index (κ1) is 12.5. The van der Waals surface area contributed by atoms with E-state index in [1.54, 1.807) is 17.5 Å². The van der Waals surface area contributed by atoms with Gasteiger partial charge in [0, 0.05) is 24.0 Å². The first-order valence-corrected chi connectivity index (χ1v) is 6.34. The molecule has 2 heterocycles. The highest BCUT2D eigenvalue weighted by Gasteiger charge is 2.10. The van der Waals surface area contributed by atoms with Crippen LogP contribution in [0.5, 0.6) is 0 Å². The van der Waals surface area contributed by atoms with E-state index >= 15 is 0 Å². The molecule has 0 saturated heterocycles. The monoisotopic (exact) mass is 266 g/mol. The van der Waals surface area contributed by atoms with Crippen molar-refractivity contribution >= 4 is 23.2 Å². The first-order chi connectivity index (χ1) is 8.65. The van der Waals surface area contributed by atoms with Gasteiger partial charge in [0.1, 0.15) is 12.9 Å². The zero-order chi connectivity index (χ0) is 13.0. The summed E-state index contributed by atoms with van der Waals surface area (Å²) in [5, 5.41) is 9.60. The van der Waals surface area contributed by atoms with Crippen molar-refractivity contribution in [1.29, 1.82) is 0 Å². The Morgan fingerprint density at radius 2 is 2.44 bits per heavy atom. The minimum Gasteiger partial charge on any atom is -0.367 e. The molecule has 0 bridgehead atoms. The number of carbonyl (C=O) groups is 1. The van der Waals surface area contributed by atoms with Gasteiger partial charge in [0.25, 0.3) is 0 Å². The first-order valence-electron chi connectivity index (χ1n) is 5.46. The van der Waals surface area contributed by atoms with Gasteiger partial charge in [-0.15, -0.1) is 16.4 Å². The molecule has 0 aliphatic rings. The van der Waals surface area contributed by atoms with Crippen LogP contribution < -0.4 is 11.1 Å². The Balaban J connectivity index is 1.78. The van der Waals surface area contributed by atoms with E-state index in [-0.39, 0.29) is 24.3 Å². The standard InChI is InChI=1S/C10H14N6OS/c1-7(9-12-2-3-18-9)4-13-8(17)5-16-6-14-10(11)15-16/h2-3,6-7H,4-5H2,1H3,(H2,11,15)(H,13,17). The van der Waals surface area contributed by atoms with Gasteiger partial charge in [-0.2, -0.15) is 0 Å². The zero-order valence-electron chi connectivity index (χ0n) is 9.91. The molecule has 1 unspecified atom stereocenters. The van der Waals surface area contributed by atoms with E-state index in [1.165, 1.54) is 11.0 Å². The molecule has 96 valence electrons. The highest BCUT2D eigenvalue weighted by molar-refractivity contribution is 7.09. The van der Waals surface area contributed by atoms with Crippen molar-refractivity contribution in [2.75, 3.05) is 12.3 Å². The average Bonchev–Trinajstić information content (AvgIpc) is 2.97. The minimum atomic E-state index is -0.122. The normalized spacial score (nSPS) is 12.3. The van der Waals surface area contributed by atoms with Crippen LogP contribution in [0.2, 0.25) is 0 Å². The highest BCUT2D eigenvalue weighted by Crippen LogP contribution is 2.16. The second-order valence-corrected chi connectivity index (χ2v) is 4.80. The minimum absolute atomic E-state index is 0.120. The Labute approximate surface area is 108 Å². The van der Waals surface area contributed by atoms with Crippen LogP contribution in [0.4, 0.5) is 5.95 Å². The van der Waals surface area contributed by atoms with E-state index in [4.69, 9.17) is 5.73 Å². The number of rotatable bonds is 5. The molecule has 0 aliphatic heterocycles. The van der Waals surface area contributed by atoms with E-state index in [0.717, 1.165) is 5.01 Å². The van der Waals surface area contributed by atoms with Crippen LogP contribution in [0.3, 0.4) is 0 Å². The number of hydrogen-bond acceptors (Lipinski definition) is 6. The second-order valence-electron chi connectivity index (χ2n) is 3.88. The number of anilines is 1. The number of carbonyl (C=O) groups excluding carboxylic acids is 1. The van der Waals surface area contributed by atoms with Crippen LogP contribution in [0.1, 0.15) is 17.8 Å². The van der Waals surface area contributed by atoms with Gasteiger partial charge < -0.3 is 11.1 Å². The van der Waals surface area contributed by atoms with Crippen molar-refractivity contribution in [1.82, 2.24) is 25.1 Å². The van der Waals surface area contributed by atoms with E-state index in [2.05, 4.69) is 20.4 Å². The molecule has 3 N–H and O–H groups in total. The van der Waals surface area contributed by atoms with Gasteiger partial charge in [0.15, 0.2) is 0 Å². The smallest absolute Gasteiger partial charge is 0.241 e. The summed E-state index contributed by atoms with van der Waals surface area (Å²) in [6.45, 7) is 2.69. The fourth-order valence-electron chi connectivity index (χ4n) is 1.42. The number of nitrogens with zero attached hydrogens (tertiary/aromatic N) is 4. The molecule has 0 saturated carbocycles. The quantitative estimate of drug-likeness (QED) is 0.807. The summed E-state index contributed by atoms with van der Waals surface area (Å²) in [6, 6.07) is 0. The Kier molecular flexibility index (Phi) is 3.88. The van der Waals surface area contributed by atoms with E-state index in [0.29, 0.717) is 6.54 Å². The molecular weight excluding hydrogens is 252 g/mol. The summed E-state index contributed by atoms with van der Waals surface area (Å²) in [6.07, 6.45) is 3.19. The number of nitrogens with two attached hydrogens (primary N) is 1.